The van der Waals surface area contributed by atoms with E-state index in [1.807, 2.05) is 0 Å². The van der Waals surface area contributed by atoms with Gasteiger partial charge in [-0.25, -0.2) is 15.0 Å². The van der Waals surface area contributed by atoms with Gasteiger partial charge in [-0.15, -0.1) is 0 Å². The summed E-state index contributed by atoms with van der Waals surface area (Å²) in [5, 5.41) is 7.12. The lowest BCUT2D eigenvalue weighted by Crippen LogP contribution is -2.00. The molecule has 3 nitrogen and oxygen atoms in total. The summed E-state index contributed by atoms with van der Waals surface area (Å²) in [5.41, 5.74) is 9.77. The summed E-state index contributed by atoms with van der Waals surface area (Å²) in [6, 6.07) is 70.8. The highest BCUT2D eigenvalue weighted by atomic mass is 15.0. The van der Waals surface area contributed by atoms with Crippen LogP contribution in [0.3, 0.4) is 0 Å². The second kappa shape index (κ2) is 13.4. The van der Waals surface area contributed by atoms with Crippen molar-refractivity contribution in [3.8, 4) is 67.5 Å². The second-order valence-electron chi connectivity index (χ2n) is 13.7. The van der Waals surface area contributed by atoms with Crippen molar-refractivity contribution >= 4 is 32.3 Å². The standard InChI is InChI=1S/C51H33N3/c1-2-14-37(15-3-1)48-33-42(41-24-21-34-11-4-7-16-38(34)29-41)27-28-47(48)43-19-10-20-44(32-43)49-52-50(45-25-22-35-12-5-8-17-39(35)30-45)54-51(53-49)46-26-23-36-13-6-9-18-40(36)31-46/h1-33H. The summed E-state index contributed by atoms with van der Waals surface area (Å²) < 4.78 is 0. The van der Waals surface area contributed by atoms with Crippen molar-refractivity contribution in [2.75, 3.05) is 0 Å². The number of nitrogens with zero attached hydrogens (tertiary/aromatic N) is 3. The summed E-state index contributed by atoms with van der Waals surface area (Å²) >= 11 is 0. The van der Waals surface area contributed by atoms with Gasteiger partial charge >= 0.3 is 0 Å². The van der Waals surface area contributed by atoms with Crippen LogP contribution < -0.4 is 0 Å². The average molecular weight is 688 g/mol. The van der Waals surface area contributed by atoms with Gasteiger partial charge in [-0.2, -0.15) is 0 Å². The van der Waals surface area contributed by atoms with E-state index in [2.05, 4.69) is 200 Å². The highest BCUT2D eigenvalue weighted by molar-refractivity contribution is 5.92. The van der Waals surface area contributed by atoms with Crippen molar-refractivity contribution in [3.63, 3.8) is 0 Å². The average Bonchev–Trinajstić information content (AvgIpc) is 3.26. The number of hydrogen-bond donors (Lipinski definition) is 0. The maximum Gasteiger partial charge on any atom is 0.164 e. The van der Waals surface area contributed by atoms with E-state index in [0.717, 1.165) is 44.2 Å². The molecule has 10 aromatic rings. The Balaban J connectivity index is 1.12. The van der Waals surface area contributed by atoms with E-state index in [1.165, 1.54) is 38.2 Å². The van der Waals surface area contributed by atoms with Crippen LogP contribution in [0.1, 0.15) is 0 Å². The fourth-order valence-corrected chi connectivity index (χ4v) is 7.45. The van der Waals surface area contributed by atoms with Gasteiger partial charge in [0.15, 0.2) is 17.5 Å². The predicted octanol–water partition coefficient (Wildman–Crippen LogP) is 13.3. The highest BCUT2D eigenvalue weighted by Crippen LogP contribution is 2.38. The van der Waals surface area contributed by atoms with Crippen molar-refractivity contribution in [2.24, 2.45) is 0 Å². The third-order valence-electron chi connectivity index (χ3n) is 10.3. The largest absolute Gasteiger partial charge is 0.208 e. The topological polar surface area (TPSA) is 38.7 Å². The molecule has 0 fully saturated rings. The van der Waals surface area contributed by atoms with E-state index >= 15 is 0 Å². The Morgan fingerprint density at radius 2 is 0.593 bits per heavy atom. The lowest BCUT2D eigenvalue weighted by molar-refractivity contribution is 1.08. The van der Waals surface area contributed by atoms with Crippen molar-refractivity contribution in [3.05, 3.63) is 200 Å². The SMILES string of the molecule is c1ccc(-c2cc(-c3ccc4ccccc4c3)ccc2-c2cccc(-c3nc(-c4ccc5ccccc5c4)nc(-c4ccc5ccccc5c4)n3)c2)cc1. The quantitative estimate of drug-likeness (QED) is 0.175. The van der Waals surface area contributed by atoms with Crippen molar-refractivity contribution in [2.45, 2.75) is 0 Å². The number of fused-ring (bicyclic) bond motifs is 3. The Hall–Kier alpha value is -7.23. The normalized spacial score (nSPS) is 11.3. The first-order valence-electron chi connectivity index (χ1n) is 18.3. The lowest BCUT2D eigenvalue weighted by Gasteiger charge is -2.15. The van der Waals surface area contributed by atoms with Gasteiger partial charge in [0.25, 0.3) is 0 Å². The van der Waals surface area contributed by atoms with Crippen molar-refractivity contribution in [1.29, 1.82) is 0 Å². The third-order valence-corrected chi connectivity index (χ3v) is 10.3. The molecule has 9 aromatic carbocycles. The molecule has 0 aliphatic carbocycles. The van der Waals surface area contributed by atoms with Crippen LogP contribution >= 0.6 is 0 Å². The maximum absolute atomic E-state index is 5.14. The van der Waals surface area contributed by atoms with E-state index in [-0.39, 0.29) is 0 Å². The first-order valence-corrected chi connectivity index (χ1v) is 18.3. The molecule has 0 amide bonds. The van der Waals surface area contributed by atoms with Crippen LogP contribution in [0.2, 0.25) is 0 Å². The Labute approximate surface area is 313 Å². The number of hydrogen-bond acceptors (Lipinski definition) is 3. The molecular formula is C51H33N3. The minimum Gasteiger partial charge on any atom is -0.208 e. The minimum absolute atomic E-state index is 0.632. The molecule has 0 saturated carbocycles. The van der Waals surface area contributed by atoms with Crippen molar-refractivity contribution in [1.82, 2.24) is 15.0 Å². The Morgan fingerprint density at radius 3 is 1.15 bits per heavy atom. The van der Waals surface area contributed by atoms with Crippen LogP contribution in [0.25, 0.3) is 99.9 Å². The smallest absolute Gasteiger partial charge is 0.164 e. The highest BCUT2D eigenvalue weighted by Gasteiger charge is 2.16. The van der Waals surface area contributed by atoms with E-state index in [4.69, 9.17) is 15.0 Å². The zero-order chi connectivity index (χ0) is 35.8. The van der Waals surface area contributed by atoms with Gasteiger partial charge in [0, 0.05) is 16.7 Å². The van der Waals surface area contributed by atoms with Crippen molar-refractivity contribution < 1.29 is 0 Å². The molecule has 0 bridgehead atoms. The molecule has 54 heavy (non-hydrogen) atoms. The zero-order valence-electron chi connectivity index (χ0n) is 29.4. The first-order chi connectivity index (χ1) is 26.7. The van der Waals surface area contributed by atoms with E-state index in [1.54, 1.807) is 0 Å². The summed E-state index contributed by atoms with van der Waals surface area (Å²) in [5.74, 6) is 1.92. The molecule has 0 unspecified atom stereocenters. The molecule has 0 N–H and O–H groups in total. The first kappa shape index (κ1) is 31.5. The summed E-state index contributed by atoms with van der Waals surface area (Å²) in [6.45, 7) is 0. The molecule has 0 atom stereocenters. The molecule has 0 aliphatic rings. The molecule has 0 saturated heterocycles. The Morgan fingerprint density at radius 1 is 0.204 bits per heavy atom. The molecule has 0 spiro atoms. The fourth-order valence-electron chi connectivity index (χ4n) is 7.45. The lowest BCUT2D eigenvalue weighted by atomic mass is 9.90. The fraction of sp³-hybridized carbons (Fsp3) is 0. The van der Waals surface area contributed by atoms with Gasteiger partial charge < -0.3 is 0 Å². The molecule has 1 heterocycles. The van der Waals surface area contributed by atoms with Gasteiger partial charge in [-0.3, -0.25) is 0 Å². The second-order valence-corrected chi connectivity index (χ2v) is 13.7. The van der Waals surface area contributed by atoms with Crippen LogP contribution in [0.15, 0.2) is 200 Å². The number of rotatable bonds is 6. The molecule has 1 aromatic heterocycles. The van der Waals surface area contributed by atoms with Crippen LogP contribution in [-0.2, 0) is 0 Å². The number of benzene rings is 9. The van der Waals surface area contributed by atoms with E-state index < -0.39 is 0 Å². The van der Waals surface area contributed by atoms with E-state index in [9.17, 15) is 0 Å². The van der Waals surface area contributed by atoms with Crippen LogP contribution in [0.4, 0.5) is 0 Å². The minimum atomic E-state index is 0.632. The monoisotopic (exact) mass is 687 g/mol. The summed E-state index contributed by atoms with van der Waals surface area (Å²) in [7, 11) is 0. The molecule has 10 rings (SSSR count). The predicted molar refractivity (Wildman–Crippen MR) is 225 cm³/mol. The van der Waals surface area contributed by atoms with Crippen LogP contribution in [-0.4, -0.2) is 15.0 Å². The van der Waals surface area contributed by atoms with Crippen LogP contribution in [0.5, 0.6) is 0 Å². The molecular weight excluding hydrogens is 655 g/mol. The van der Waals surface area contributed by atoms with Gasteiger partial charge in [-0.05, 0) is 96.0 Å². The third kappa shape index (κ3) is 5.98. The summed E-state index contributed by atoms with van der Waals surface area (Å²) in [6.07, 6.45) is 0. The van der Waals surface area contributed by atoms with Gasteiger partial charge in [0.2, 0.25) is 0 Å². The molecule has 0 aliphatic heterocycles. The molecule has 0 radical (unpaired) electrons. The number of aromatic nitrogens is 3. The van der Waals surface area contributed by atoms with Crippen LogP contribution in [0, 0.1) is 0 Å². The van der Waals surface area contributed by atoms with Gasteiger partial charge in [0.1, 0.15) is 0 Å². The van der Waals surface area contributed by atoms with Gasteiger partial charge in [0.05, 0.1) is 0 Å². The summed E-state index contributed by atoms with van der Waals surface area (Å²) in [4.78, 5) is 15.4. The Kier molecular flexibility index (Phi) is 7.81. The van der Waals surface area contributed by atoms with E-state index in [0.29, 0.717) is 17.5 Å². The van der Waals surface area contributed by atoms with Gasteiger partial charge in [-0.1, -0.05) is 170 Å². The zero-order valence-corrected chi connectivity index (χ0v) is 29.4. The molecule has 252 valence electrons. The Bertz CT molecular complexity index is 2900. The maximum atomic E-state index is 5.14. The molecule has 3 heteroatoms.